The molecule has 0 N–H and O–H groups in total. The van der Waals surface area contributed by atoms with Gasteiger partial charge >= 0.3 is 0 Å². The Hall–Kier alpha value is 0.720. The van der Waals surface area contributed by atoms with Crippen LogP contribution in [0.25, 0.3) is 0 Å². The van der Waals surface area contributed by atoms with Gasteiger partial charge in [0.2, 0.25) is 0 Å². The van der Waals surface area contributed by atoms with Crippen LogP contribution in [-0.2, 0) is 0 Å². The van der Waals surface area contributed by atoms with E-state index in [1.165, 1.54) is 96.3 Å². The fourth-order valence-corrected chi connectivity index (χ4v) is 3.70. The first kappa shape index (κ1) is 24.0. The van der Waals surface area contributed by atoms with E-state index < -0.39 is 0 Å². The van der Waals surface area contributed by atoms with Crippen LogP contribution in [0.1, 0.15) is 117 Å². The Morgan fingerprint density at radius 3 is 1.05 bits per heavy atom. The third kappa shape index (κ3) is 15.4. The van der Waals surface area contributed by atoms with Gasteiger partial charge in [-0.1, -0.05) is 97.8 Å². The average molecular weight is 337 g/mol. The Balaban J connectivity index is 0. The van der Waals surface area contributed by atoms with Crippen molar-refractivity contribution in [1.82, 2.24) is 0 Å². The maximum Gasteiger partial charge on any atom is -0.0150 e. The molecule has 0 saturated carbocycles. The highest BCUT2D eigenvalue weighted by atomic mass is 35.5. The molecule has 0 nitrogen and oxygen atoms in total. The predicted molar refractivity (Wildman–Crippen MR) is 106 cm³/mol. The van der Waals surface area contributed by atoms with E-state index in [-0.39, 0.29) is 12.4 Å². The molecule has 0 amide bonds. The van der Waals surface area contributed by atoms with Crippen LogP contribution in [-0.4, -0.2) is 5.16 Å². The van der Waals surface area contributed by atoms with Crippen LogP contribution < -0.4 is 0 Å². The molecule has 0 aromatic rings. The Kier molecular flexibility index (Phi) is 19.5. The molecule has 0 aromatic heterocycles. The molecule has 1 atom stereocenters. The first-order valence-electron chi connectivity index (χ1n) is 9.47. The molecule has 0 fully saturated rings. The fraction of sp³-hybridized carbons (Fsp3) is 1.00. The van der Waals surface area contributed by atoms with Gasteiger partial charge in [-0.25, -0.2) is 0 Å². The van der Waals surface area contributed by atoms with Crippen molar-refractivity contribution in [2.45, 2.75) is 122 Å². The number of rotatable bonds is 15. The lowest BCUT2D eigenvalue weighted by Gasteiger charge is -2.30. The van der Waals surface area contributed by atoms with Crippen LogP contribution in [0.2, 0.25) is 0 Å². The van der Waals surface area contributed by atoms with Crippen molar-refractivity contribution < 1.29 is 0 Å². The van der Waals surface area contributed by atoms with Crippen LogP contribution >= 0.6 is 21.6 Å². The second-order valence-corrected chi connectivity index (χ2v) is 8.02. The molecule has 0 spiro atoms. The molecule has 0 aliphatic heterocycles. The molecule has 0 radical (unpaired) electrons. The van der Waals surface area contributed by atoms with Gasteiger partial charge in [0.1, 0.15) is 0 Å². The number of hydrogen-bond acceptors (Lipinski definition) is 0. The molecule has 0 aromatic carbocycles. The minimum Gasteiger partial charge on any atom is -0.147 e. The van der Waals surface area contributed by atoms with Gasteiger partial charge in [0, 0.05) is 0 Å². The zero-order valence-corrected chi connectivity index (χ0v) is 17.1. The average Bonchev–Trinajstić information content (AvgIpc) is 2.45. The zero-order valence-electron chi connectivity index (χ0n) is 15.1. The van der Waals surface area contributed by atoms with Crippen molar-refractivity contribution in [2.24, 2.45) is 0 Å². The highest BCUT2D eigenvalue weighted by Gasteiger charge is 2.22. The van der Waals surface area contributed by atoms with Gasteiger partial charge in [-0.3, -0.25) is 0 Å². The maximum atomic E-state index is 3.27. The molecule has 0 bridgehead atoms. The molecule has 1 unspecified atom stereocenters. The molecule has 0 saturated heterocycles. The largest absolute Gasteiger partial charge is 0.147 e. The van der Waals surface area contributed by atoms with Gasteiger partial charge < -0.3 is 0 Å². The lowest BCUT2D eigenvalue weighted by Crippen LogP contribution is -2.20. The third-order valence-electron chi connectivity index (χ3n) is 4.58. The van der Waals surface area contributed by atoms with Crippen molar-refractivity contribution in [2.75, 3.05) is 0 Å². The van der Waals surface area contributed by atoms with E-state index in [9.17, 15) is 0 Å². The SMILES string of the molecule is CCCCCCC(P)(CCCCCC)CCCCCC.Cl. The standard InChI is InChI=1S/C19H41P.ClH/c1-4-7-10-13-16-19(20,17-14-11-8-5-2)18-15-12-9-6-3;/h4-18,20H2,1-3H3;1H. The van der Waals surface area contributed by atoms with Crippen LogP contribution in [0.15, 0.2) is 0 Å². The molecular weight excluding hydrogens is 295 g/mol. The van der Waals surface area contributed by atoms with Gasteiger partial charge in [-0.05, 0) is 24.4 Å². The monoisotopic (exact) mass is 336 g/mol. The summed E-state index contributed by atoms with van der Waals surface area (Å²) in [6, 6.07) is 0. The predicted octanol–water partition coefficient (Wildman–Crippen LogP) is 7.93. The summed E-state index contributed by atoms with van der Waals surface area (Å²) in [5.74, 6) is 0. The first-order chi connectivity index (χ1) is 9.68. The van der Waals surface area contributed by atoms with E-state index >= 15 is 0 Å². The molecule has 0 aliphatic carbocycles. The summed E-state index contributed by atoms with van der Waals surface area (Å²) >= 11 is 0. The van der Waals surface area contributed by atoms with E-state index in [4.69, 9.17) is 0 Å². The Labute approximate surface area is 144 Å². The van der Waals surface area contributed by atoms with Crippen LogP contribution in [0.5, 0.6) is 0 Å². The lowest BCUT2D eigenvalue weighted by molar-refractivity contribution is 0.406. The number of unbranched alkanes of at least 4 members (excludes halogenated alkanes) is 9. The molecule has 130 valence electrons. The number of halogens is 1. The summed E-state index contributed by atoms with van der Waals surface area (Å²) in [5, 5.41) is 0.565. The minimum absolute atomic E-state index is 0. The summed E-state index contributed by atoms with van der Waals surface area (Å²) in [6.45, 7) is 6.93. The zero-order chi connectivity index (χ0) is 15.1. The Bertz CT molecular complexity index is 163. The van der Waals surface area contributed by atoms with Gasteiger partial charge in [-0.15, -0.1) is 21.6 Å². The molecule has 0 rings (SSSR count). The fourth-order valence-electron chi connectivity index (χ4n) is 3.09. The van der Waals surface area contributed by atoms with Gasteiger partial charge in [0.05, 0.1) is 0 Å². The molecular formula is C19H42ClP. The second kappa shape index (κ2) is 17.1. The van der Waals surface area contributed by atoms with Crippen LogP contribution in [0.3, 0.4) is 0 Å². The van der Waals surface area contributed by atoms with Crippen LogP contribution in [0, 0.1) is 0 Å². The van der Waals surface area contributed by atoms with Gasteiger partial charge in [-0.2, -0.15) is 0 Å². The highest BCUT2D eigenvalue weighted by molar-refractivity contribution is 7.19. The van der Waals surface area contributed by atoms with E-state index in [0.717, 1.165) is 0 Å². The topological polar surface area (TPSA) is 0 Å². The second-order valence-electron chi connectivity index (χ2n) is 6.79. The summed E-state index contributed by atoms with van der Waals surface area (Å²) in [6.07, 6.45) is 21.3. The van der Waals surface area contributed by atoms with Crippen molar-refractivity contribution in [3.63, 3.8) is 0 Å². The molecule has 0 aliphatic rings. The van der Waals surface area contributed by atoms with Crippen molar-refractivity contribution in [1.29, 1.82) is 0 Å². The van der Waals surface area contributed by atoms with Crippen molar-refractivity contribution in [3.05, 3.63) is 0 Å². The minimum atomic E-state index is 0. The lowest BCUT2D eigenvalue weighted by atomic mass is 9.88. The summed E-state index contributed by atoms with van der Waals surface area (Å²) in [5.41, 5.74) is 0. The molecule has 0 heterocycles. The molecule has 2 heteroatoms. The first-order valence-corrected chi connectivity index (χ1v) is 10.0. The molecule has 21 heavy (non-hydrogen) atoms. The number of hydrogen-bond donors (Lipinski definition) is 0. The van der Waals surface area contributed by atoms with Gasteiger partial charge in [0.25, 0.3) is 0 Å². The van der Waals surface area contributed by atoms with E-state index in [2.05, 4.69) is 30.0 Å². The van der Waals surface area contributed by atoms with Crippen LogP contribution in [0.4, 0.5) is 0 Å². The Morgan fingerprint density at radius 2 is 0.810 bits per heavy atom. The Morgan fingerprint density at radius 1 is 0.524 bits per heavy atom. The summed E-state index contributed by atoms with van der Waals surface area (Å²) < 4.78 is 0. The van der Waals surface area contributed by atoms with Gasteiger partial charge in [0.15, 0.2) is 0 Å². The van der Waals surface area contributed by atoms with E-state index in [0.29, 0.717) is 5.16 Å². The highest BCUT2D eigenvalue weighted by Crippen LogP contribution is 2.37. The smallest absolute Gasteiger partial charge is 0.0150 e. The van der Waals surface area contributed by atoms with Crippen molar-refractivity contribution in [3.8, 4) is 0 Å². The summed E-state index contributed by atoms with van der Waals surface area (Å²) in [4.78, 5) is 0. The van der Waals surface area contributed by atoms with E-state index in [1.54, 1.807) is 0 Å². The maximum absolute atomic E-state index is 3.27. The quantitative estimate of drug-likeness (QED) is 0.210. The summed E-state index contributed by atoms with van der Waals surface area (Å²) in [7, 11) is 3.27. The third-order valence-corrected chi connectivity index (χ3v) is 5.45. The van der Waals surface area contributed by atoms with E-state index in [1.807, 2.05) is 0 Å². The van der Waals surface area contributed by atoms with Crippen molar-refractivity contribution >= 4 is 21.6 Å². The normalized spacial score (nSPS) is 11.4.